The number of nitrogens with one attached hydrogen (secondary N) is 1. The van der Waals surface area contributed by atoms with Crippen molar-refractivity contribution in [3.63, 3.8) is 0 Å². The van der Waals surface area contributed by atoms with Crippen LogP contribution in [0.3, 0.4) is 0 Å². The molecule has 1 saturated heterocycles. The predicted octanol–water partition coefficient (Wildman–Crippen LogP) is 3.43. The zero-order chi connectivity index (χ0) is 21.7. The summed E-state index contributed by atoms with van der Waals surface area (Å²) in [5, 5.41) is 2.16. The van der Waals surface area contributed by atoms with Gasteiger partial charge in [0.1, 0.15) is 18.2 Å². The largest absolute Gasteiger partial charge is 0.486 e. The Morgan fingerprint density at radius 2 is 1.77 bits per heavy atom. The van der Waals surface area contributed by atoms with Crippen molar-refractivity contribution in [2.24, 2.45) is 7.05 Å². The highest BCUT2D eigenvalue weighted by Crippen LogP contribution is 2.24. The SMILES string of the molecule is CC.Cn1c(COc2ccc(CC3SC(=O)NC3=O)cc2)nc2ccccc2c1=O. The molecule has 0 saturated carbocycles. The van der Waals surface area contributed by atoms with Gasteiger partial charge in [0.05, 0.1) is 16.2 Å². The predicted molar refractivity (Wildman–Crippen MR) is 118 cm³/mol. The van der Waals surface area contributed by atoms with Gasteiger partial charge in [-0.05, 0) is 36.2 Å². The molecule has 1 aromatic heterocycles. The van der Waals surface area contributed by atoms with Crippen LogP contribution in [0.25, 0.3) is 10.9 Å². The van der Waals surface area contributed by atoms with Crippen molar-refractivity contribution < 1.29 is 14.3 Å². The molecule has 2 heterocycles. The number of ether oxygens (including phenoxy) is 1. The van der Waals surface area contributed by atoms with Gasteiger partial charge >= 0.3 is 0 Å². The minimum atomic E-state index is -0.393. The lowest BCUT2D eigenvalue weighted by molar-refractivity contribution is -0.118. The molecule has 0 radical (unpaired) electrons. The monoisotopic (exact) mass is 425 g/mol. The molecule has 0 aliphatic carbocycles. The van der Waals surface area contributed by atoms with E-state index in [1.807, 2.05) is 38.1 Å². The van der Waals surface area contributed by atoms with Crippen LogP contribution in [0.1, 0.15) is 25.2 Å². The Kier molecular flexibility index (Phi) is 6.89. The summed E-state index contributed by atoms with van der Waals surface area (Å²) in [5.41, 5.74) is 1.47. The topological polar surface area (TPSA) is 90.3 Å². The number of imide groups is 1. The number of carbonyl (C=O) groups excluding carboxylic acids is 2. The van der Waals surface area contributed by atoms with Crippen LogP contribution in [-0.2, 0) is 24.9 Å². The Hall–Kier alpha value is -3.13. The third-order valence-corrected chi connectivity index (χ3v) is 5.54. The van der Waals surface area contributed by atoms with Gasteiger partial charge < -0.3 is 4.74 Å². The first-order valence-electron chi connectivity index (χ1n) is 9.69. The number of nitrogens with zero attached hydrogens (tertiary/aromatic N) is 2. The Morgan fingerprint density at radius 3 is 2.43 bits per heavy atom. The van der Waals surface area contributed by atoms with Crippen molar-refractivity contribution in [2.75, 3.05) is 0 Å². The van der Waals surface area contributed by atoms with Gasteiger partial charge in [0.2, 0.25) is 5.91 Å². The molecule has 0 spiro atoms. The molecule has 2 aromatic carbocycles. The van der Waals surface area contributed by atoms with E-state index in [0.717, 1.165) is 17.3 Å². The lowest BCUT2D eigenvalue weighted by Gasteiger charge is -2.11. The van der Waals surface area contributed by atoms with E-state index in [0.29, 0.717) is 28.9 Å². The number of benzene rings is 2. The molecule has 156 valence electrons. The number of hydrogen-bond donors (Lipinski definition) is 1. The third kappa shape index (κ3) is 4.71. The number of amides is 2. The lowest BCUT2D eigenvalue weighted by atomic mass is 10.1. The standard InChI is InChI=1S/C20H17N3O4S.C2H6/c1-23-17(21-15-5-3-2-4-14(15)19(23)25)11-27-13-8-6-12(7-9-13)10-16-18(24)22-20(26)28-16;1-2/h2-9,16H,10-11H2,1H3,(H,22,24,26);1-2H3. The van der Waals surface area contributed by atoms with Crippen LogP contribution in [0.2, 0.25) is 0 Å². The number of para-hydroxylation sites is 1. The molecule has 4 rings (SSSR count). The Balaban J connectivity index is 0.00000124. The van der Waals surface area contributed by atoms with Crippen molar-refractivity contribution in [2.45, 2.75) is 32.1 Å². The molecule has 30 heavy (non-hydrogen) atoms. The first kappa shape index (κ1) is 21.6. The maximum Gasteiger partial charge on any atom is 0.286 e. The summed E-state index contributed by atoms with van der Waals surface area (Å²) in [7, 11) is 1.68. The second-order valence-corrected chi connectivity index (χ2v) is 7.60. The van der Waals surface area contributed by atoms with Crippen molar-refractivity contribution in [3.05, 3.63) is 70.3 Å². The van der Waals surface area contributed by atoms with Crippen LogP contribution in [0.5, 0.6) is 5.75 Å². The van der Waals surface area contributed by atoms with Crippen LogP contribution < -0.4 is 15.6 Å². The number of rotatable bonds is 5. The van der Waals surface area contributed by atoms with Crippen LogP contribution in [0, 0.1) is 0 Å². The zero-order valence-corrected chi connectivity index (χ0v) is 17.9. The van der Waals surface area contributed by atoms with E-state index in [-0.39, 0.29) is 23.3 Å². The molecule has 3 aromatic rings. The quantitative estimate of drug-likeness (QED) is 0.674. The highest BCUT2D eigenvalue weighted by molar-refractivity contribution is 8.15. The van der Waals surface area contributed by atoms with E-state index in [9.17, 15) is 14.4 Å². The number of fused-ring (bicyclic) bond motifs is 1. The smallest absolute Gasteiger partial charge is 0.286 e. The summed E-state index contributed by atoms with van der Waals surface area (Å²) in [4.78, 5) is 39.8. The van der Waals surface area contributed by atoms with Crippen molar-refractivity contribution in [1.29, 1.82) is 0 Å². The Morgan fingerprint density at radius 1 is 1.07 bits per heavy atom. The second kappa shape index (κ2) is 9.58. The van der Waals surface area contributed by atoms with Gasteiger partial charge in [-0.3, -0.25) is 24.3 Å². The molecule has 1 fully saturated rings. The summed E-state index contributed by atoms with van der Waals surface area (Å²) in [6.07, 6.45) is 0.475. The molecule has 0 bridgehead atoms. The van der Waals surface area contributed by atoms with Crippen molar-refractivity contribution in [3.8, 4) is 5.75 Å². The average Bonchev–Trinajstić information content (AvgIpc) is 3.08. The molecule has 1 aliphatic heterocycles. The third-order valence-electron chi connectivity index (χ3n) is 4.56. The summed E-state index contributed by atoms with van der Waals surface area (Å²) < 4.78 is 7.27. The van der Waals surface area contributed by atoms with Crippen molar-refractivity contribution in [1.82, 2.24) is 14.9 Å². The van der Waals surface area contributed by atoms with Gasteiger partial charge in [-0.2, -0.15) is 0 Å². The lowest BCUT2D eigenvalue weighted by Crippen LogP contribution is -2.25. The van der Waals surface area contributed by atoms with Crippen LogP contribution in [0.4, 0.5) is 4.79 Å². The molecule has 1 N–H and O–H groups in total. The minimum Gasteiger partial charge on any atom is -0.486 e. The molecule has 8 heteroatoms. The fourth-order valence-corrected chi connectivity index (χ4v) is 3.86. The van der Waals surface area contributed by atoms with Crippen LogP contribution in [0.15, 0.2) is 53.3 Å². The van der Waals surface area contributed by atoms with Gasteiger partial charge in [-0.25, -0.2) is 4.98 Å². The van der Waals surface area contributed by atoms with Crippen LogP contribution >= 0.6 is 11.8 Å². The first-order chi connectivity index (χ1) is 14.5. The number of carbonyl (C=O) groups is 2. The maximum absolute atomic E-state index is 12.4. The molecule has 1 aliphatic rings. The van der Waals surface area contributed by atoms with E-state index in [1.54, 1.807) is 31.3 Å². The fourth-order valence-electron chi connectivity index (χ4n) is 3.00. The van der Waals surface area contributed by atoms with Crippen LogP contribution in [-0.4, -0.2) is 25.9 Å². The van der Waals surface area contributed by atoms with E-state index < -0.39 is 5.25 Å². The van der Waals surface area contributed by atoms with E-state index in [2.05, 4.69) is 10.3 Å². The fraction of sp³-hybridized carbons (Fsp3) is 0.273. The first-order valence-corrected chi connectivity index (χ1v) is 10.6. The Bertz CT molecular complexity index is 1130. The molecule has 1 atom stereocenters. The molecule has 7 nitrogen and oxygen atoms in total. The maximum atomic E-state index is 12.4. The molecular formula is C22H23N3O4S. The number of thioether (sulfide) groups is 1. The van der Waals surface area contributed by atoms with Crippen molar-refractivity contribution >= 4 is 33.8 Å². The minimum absolute atomic E-state index is 0.110. The van der Waals surface area contributed by atoms with Gasteiger partial charge in [0, 0.05) is 7.05 Å². The molecule has 2 amide bonds. The van der Waals surface area contributed by atoms with E-state index in [1.165, 1.54) is 4.57 Å². The number of aromatic nitrogens is 2. The van der Waals surface area contributed by atoms with E-state index in [4.69, 9.17) is 4.74 Å². The average molecular weight is 426 g/mol. The highest BCUT2D eigenvalue weighted by atomic mass is 32.2. The summed E-state index contributed by atoms with van der Waals surface area (Å²) in [6, 6.07) is 14.5. The van der Waals surface area contributed by atoms with E-state index >= 15 is 0 Å². The summed E-state index contributed by atoms with van der Waals surface area (Å²) in [5.74, 6) is 0.912. The molecule has 1 unspecified atom stereocenters. The van der Waals surface area contributed by atoms with Gasteiger partial charge in [0.15, 0.2) is 0 Å². The van der Waals surface area contributed by atoms with Gasteiger partial charge in [-0.1, -0.05) is 49.9 Å². The zero-order valence-electron chi connectivity index (χ0n) is 17.0. The Labute approximate surface area is 178 Å². The van der Waals surface area contributed by atoms with Gasteiger partial charge in [0.25, 0.3) is 10.8 Å². The summed E-state index contributed by atoms with van der Waals surface area (Å²) >= 11 is 1.01. The normalized spacial score (nSPS) is 15.5. The highest BCUT2D eigenvalue weighted by Gasteiger charge is 2.31. The van der Waals surface area contributed by atoms with Gasteiger partial charge in [-0.15, -0.1) is 0 Å². The second-order valence-electron chi connectivity index (χ2n) is 6.43. The summed E-state index contributed by atoms with van der Waals surface area (Å²) in [6.45, 7) is 4.16. The number of hydrogen-bond acceptors (Lipinski definition) is 6. The molecular weight excluding hydrogens is 402 g/mol.